The zero-order valence-electron chi connectivity index (χ0n) is 52.6. The average Bonchev–Trinajstić information content (AvgIpc) is 2.95. The van der Waals surface area contributed by atoms with Crippen molar-refractivity contribution in [3.05, 3.63) is 36.4 Å². The molecule has 0 aliphatic carbocycles. The monoisotopic (exact) mass is 1300 g/mol. The summed E-state index contributed by atoms with van der Waals surface area (Å²) in [7, 11) is 0. The van der Waals surface area contributed by atoms with Gasteiger partial charge in [-0.15, -0.1) is 0 Å². The molecule has 0 saturated carbocycles. The zero-order chi connectivity index (χ0) is 68.9. The zero-order valence-corrected chi connectivity index (χ0v) is 52.6. The van der Waals surface area contributed by atoms with Crippen molar-refractivity contribution in [1.82, 2.24) is 89.1 Å². The first-order valence-electron chi connectivity index (χ1n) is 30.2. The number of carboxylic acids is 1. The highest BCUT2D eigenvalue weighted by atomic mass is 16.4. The molecule has 0 spiro atoms. The van der Waals surface area contributed by atoms with Gasteiger partial charge >= 0.3 is 5.97 Å². The van der Waals surface area contributed by atoms with Gasteiger partial charge in [0.05, 0.1) is 30.1 Å². The Morgan fingerprint density at radius 1 is 0.402 bits per heavy atom. The number of nitrogens with two attached hydrogens (primary N) is 6. The smallest absolute Gasteiger partial charge is 0.326 e. The highest BCUT2D eigenvalue weighted by Gasteiger charge is 2.36. The van der Waals surface area contributed by atoms with E-state index in [-0.39, 0.29) is 140 Å². The summed E-state index contributed by atoms with van der Waals surface area (Å²) in [4.78, 5) is 141. The van der Waals surface area contributed by atoms with Crippen LogP contribution in [-0.4, -0.2) is 195 Å². The topological polar surface area (TPSA) is 663 Å². The number of carbonyl (C=O) groups is 9. The maximum Gasteiger partial charge on any atom is 0.326 e. The SMILES string of the molecule is CC(C)C[C@H](NC(=O)[C@@H](N)CC(C)C)C(=O)N[C@@H](Cc1c[nH]cn1)C(=O)N[C@@H](CCCNC(=N)N)C(=O)N[C@@H](CCCNC(=N)N)C(=O)N[C@@H](CCCNC(=N)N)C(=O)N[C@@H](CCCNC(=N)N)C(=O)N[C@@H](CCCNC(=N)N)C(=O)N[C@@H](Cc1c[nH]cn1)C(=O)O. The summed E-state index contributed by atoms with van der Waals surface area (Å²) in [6, 6.07) is -12.5. The van der Waals surface area contributed by atoms with E-state index in [0.717, 1.165) is 0 Å². The third-order valence-corrected chi connectivity index (χ3v) is 13.7. The second-order valence-electron chi connectivity index (χ2n) is 22.6. The molecule has 0 aliphatic rings. The number of carbonyl (C=O) groups excluding carboxylic acids is 8. The van der Waals surface area contributed by atoms with Gasteiger partial charge in [0.1, 0.15) is 48.3 Å². The lowest BCUT2D eigenvalue weighted by atomic mass is 10.00. The van der Waals surface area contributed by atoms with E-state index in [1.807, 2.05) is 27.7 Å². The van der Waals surface area contributed by atoms with Crippen LogP contribution in [0.2, 0.25) is 0 Å². The first-order valence-corrected chi connectivity index (χ1v) is 30.2. The quantitative estimate of drug-likeness (QED) is 0.0167. The second kappa shape index (κ2) is 42.0. The van der Waals surface area contributed by atoms with Gasteiger partial charge in [-0.3, -0.25) is 65.4 Å². The van der Waals surface area contributed by atoms with Crippen LogP contribution in [0.5, 0.6) is 0 Å². The van der Waals surface area contributed by atoms with E-state index in [0.29, 0.717) is 17.8 Å². The lowest BCUT2D eigenvalue weighted by molar-refractivity contribution is -0.142. The van der Waals surface area contributed by atoms with Crippen LogP contribution in [0.1, 0.15) is 116 Å². The Labute approximate surface area is 533 Å². The number of rotatable bonds is 45. The molecule has 2 aromatic heterocycles. The maximum atomic E-state index is 14.7. The van der Waals surface area contributed by atoms with E-state index in [2.05, 4.69) is 89.1 Å². The van der Waals surface area contributed by atoms with Crippen molar-refractivity contribution < 1.29 is 48.3 Å². The first kappa shape index (κ1) is 78.1. The Morgan fingerprint density at radius 3 is 0.913 bits per heavy atom. The molecular weight excluding hydrogens is 1200 g/mol. The van der Waals surface area contributed by atoms with E-state index in [4.69, 9.17) is 61.4 Å². The van der Waals surface area contributed by atoms with Crippen LogP contribution in [0.4, 0.5) is 0 Å². The van der Waals surface area contributed by atoms with Crippen LogP contribution in [0.3, 0.4) is 0 Å². The third-order valence-electron chi connectivity index (χ3n) is 13.7. The highest BCUT2D eigenvalue weighted by Crippen LogP contribution is 2.12. The van der Waals surface area contributed by atoms with Crippen LogP contribution < -0.4 is 104 Å². The summed E-state index contributed by atoms with van der Waals surface area (Å²) < 4.78 is 0. The Morgan fingerprint density at radius 2 is 0.652 bits per heavy atom. The Balaban J connectivity index is 2.66. The van der Waals surface area contributed by atoms with Crippen molar-refractivity contribution in [2.75, 3.05) is 32.7 Å². The second-order valence-corrected chi connectivity index (χ2v) is 22.6. The van der Waals surface area contributed by atoms with Crippen LogP contribution in [0.25, 0.3) is 0 Å². The largest absolute Gasteiger partial charge is 0.480 e. The Hall–Kier alpha value is -10.0. The predicted molar refractivity (Wildman–Crippen MR) is 340 cm³/mol. The van der Waals surface area contributed by atoms with Crippen LogP contribution >= 0.6 is 0 Å². The summed E-state index contributed by atoms with van der Waals surface area (Å²) >= 11 is 0. The average molecular weight is 1300 g/mol. The summed E-state index contributed by atoms with van der Waals surface area (Å²) in [5.74, 6) is -10.3. The molecule has 0 aromatic carbocycles. The summed E-state index contributed by atoms with van der Waals surface area (Å²) in [6.07, 6.45) is 5.24. The molecule has 2 aromatic rings. The van der Waals surface area contributed by atoms with E-state index >= 15 is 0 Å². The van der Waals surface area contributed by atoms with Crippen molar-refractivity contribution in [3.8, 4) is 0 Å². The van der Waals surface area contributed by atoms with E-state index < -0.39 is 125 Å². The summed E-state index contributed by atoms with van der Waals surface area (Å²) in [6.45, 7) is 7.62. The molecule has 0 bridgehead atoms. The number of hydrogen-bond donors (Lipinski definition) is 27. The van der Waals surface area contributed by atoms with Gasteiger partial charge in [-0.2, -0.15) is 0 Å². The number of aromatic amines is 2. The summed E-state index contributed by atoms with van der Waals surface area (Å²) in [5, 5.41) is 82.4. The van der Waals surface area contributed by atoms with Gasteiger partial charge in [-0.05, 0) is 88.9 Å². The van der Waals surface area contributed by atoms with Crippen molar-refractivity contribution >= 4 is 83.0 Å². The molecule has 9 atom stereocenters. The van der Waals surface area contributed by atoms with Gasteiger partial charge in [0, 0.05) is 58.0 Å². The molecule has 0 fully saturated rings. The van der Waals surface area contributed by atoms with Gasteiger partial charge < -0.3 is 119 Å². The standard InChI is InChI=1S/C54H98N28O10/c1-28(2)20-32(55)41(83)80-38(21-29(3)4)47(89)81-39(22-30-24-66-26-73-30)48(90)79-36(13-8-18-71-53(62)63)45(87)77-34(11-6-16-69-51(58)59)43(85)75-33(10-5-15-68-50(56)57)42(84)76-35(12-7-17-70-52(60)61)44(86)78-37(14-9-19-72-54(64)65)46(88)82-40(49(91)92)23-31-25-67-27-74-31/h24-29,32-40H,5-23,55H2,1-4H3,(H,66,73)(H,67,74)(H,75,85)(H,76,84)(H,77,87)(H,78,86)(H,79,90)(H,80,83)(H,81,89)(H,82,88)(H,91,92)(H4,56,57,68)(H4,58,59,69)(H4,60,61,70)(H4,62,63,71)(H4,64,65,72)/t32-,33-,34-,35-,36-,37-,38-,39-,40-/m0/s1. The molecule has 38 heteroatoms. The van der Waals surface area contributed by atoms with E-state index in [1.54, 1.807) is 0 Å². The molecule has 2 heterocycles. The van der Waals surface area contributed by atoms with Gasteiger partial charge in [0.15, 0.2) is 29.8 Å². The van der Waals surface area contributed by atoms with Gasteiger partial charge in [-0.25, -0.2) is 14.8 Å². The highest BCUT2D eigenvalue weighted by molar-refractivity contribution is 5.98. The van der Waals surface area contributed by atoms with Crippen molar-refractivity contribution in [2.45, 2.75) is 172 Å². The number of aromatic nitrogens is 4. The number of guanidine groups is 5. The molecule has 0 aliphatic heterocycles. The minimum atomic E-state index is -1.53. The fourth-order valence-electron chi connectivity index (χ4n) is 9.13. The Kier molecular flexibility index (Phi) is 35.7. The predicted octanol–water partition coefficient (Wildman–Crippen LogP) is -6.38. The van der Waals surface area contributed by atoms with Crippen LogP contribution in [0.15, 0.2) is 25.0 Å². The van der Waals surface area contributed by atoms with Gasteiger partial charge in [0.25, 0.3) is 0 Å². The van der Waals surface area contributed by atoms with E-state index in [1.165, 1.54) is 25.0 Å². The van der Waals surface area contributed by atoms with Crippen molar-refractivity contribution in [2.24, 2.45) is 46.2 Å². The Bertz CT molecular complexity index is 2730. The number of carboxylic acid groups (broad SMARTS) is 1. The van der Waals surface area contributed by atoms with Crippen LogP contribution in [-0.2, 0) is 56.0 Å². The number of amides is 8. The fourth-order valence-corrected chi connectivity index (χ4v) is 9.13. The normalized spacial score (nSPS) is 13.9. The van der Waals surface area contributed by atoms with Crippen molar-refractivity contribution in [1.29, 1.82) is 27.0 Å². The lowest BCUT2D eigenvalue weighted by Crippen LogP contribution is -2.60. The molecule has 0 radical (unpaired) electrons. The molecule has 0 unspecified atom stereocenters. The minimum Gasteiger partial charge on any atom is -0.480 e. The fraction of sp³-hybridized carbons (Fsp3) is 0.630. The first-order chi connectivity index (χ1) is 43.4. The molecule has 514 valence electrons. The number of imidazole rings is 2. The number of aliphatic carboxylic acids is 1. The number of nitrogens with one attached hydrogen (secondary N) is 20. The molecule has 8 amide bonds. The maximum absolute atomic E-state index is 14.7. The third kappa shape index (κ3) is 33.0. The lowest BCUT2D eigenvalue weighted by Gasteiger charge is -2.28. The van der Waals surface area contributed by atoms with Gasteiger partial charge in [0.2, 0.25) is 47.3 Å². The minimum absolute atomic E-state index is 0.0141. The molecule has 38 nitrogen and oxygen atoms in total. The van der Waals surface area contributed by atoms with E-state index in [9.17, 15) is 48.3 Å². The summed E-state index contributed by atoms with van der Waals surface area (Å²) in [5.41, 5.74) is 34.4. The van der Waals surface area contributed by atoms with Crippen LogP contribution in [0, 0.1) is 38.9 Å². The van der Waals surface area contributed by atoms with Crippen molar-refractivity contribution in [3.63, 3.8) is 0 Å². The molecule has 0 saturated heterocycles. The molecule has 2 rings (SSSR count). The number of hydrogen-bond acceptors (Lipinski definition) is 17. The number of nitrogens with zero attached hydrogens (tertiary/aromatic N) is 2. The molecule has 92 heavy (non-hydrogen) atoms. The molecule has 33 N–H and O–H groups in total. The molecular formula is C54H98N28O10. The van der Waals surface area contributed by atoms with Gasteiger partial charge in [-0.1, -0.05) is 27.7 Å². The number of H-pyrrole nitrogens is 2.